The number of amides is 2. The Morgan fingerprint density at radius 3 is 1.88 bits per heavy atom. The molecule has 4 aromatic carbocycles. The molecule has 1 atom stereocenters. The Morgan fingerprint density at radius 1 is 0.732 bits per heavy atom. The zero-order valence-electron chi connectivity index (χ0n) is 22.0. The summed E-state index contributed by atoms with van der Waals surface area (Å²) in [6.45, 7) is 0.147. The van der Waals surface area contributed by atoms with Gasteiger partial charge in [0, 0.05) is 28.4 Å². The molecular weight excluding hydrogens is 553 g/mol. The van der Waals surface area contributed by atoms with Gasteiger partial charge in [0.2, 0.25) is 5.91 Å². The third kappa shape index (κ3) is 6.83. The van der Waals surface area contributed by atoms with Crippen LogP contribution in [0.2, 0.25) is 10.0 Å². The van der Waals surface area contributed by atoms with E-state index in [0.717, 1.165) is 16.7 Å². The number of aromatic nitrogens is 1. The first kappa shape index (κ1) is 28.1. The number of nitrogens with zero attached hydrogens (tertiary/aromatic N) is 2. The highest BCUT2D eigenvalue weighted by Crippen LogP contribution is 2.34. The lowest BCUT2D eigenvalue weighted by molar-refractivity contribution is -0.126. The molecule has 5 rings (SSSR count). The molecular formula is C34H27Cl2N3O2. The Hall–Kier alpha value is -4.45. The molecule has 1 aromatic heterocycles. The number of halogens is 2. The maximum atomic E-state index is 14.5. The highest BCUT2D eigenvalue weighted by Gasteiger charge is 2.35. The van der Waals surface area contributed by atoms with Crippen LogP contribution < -0.4 is 5.32 Å². The molecule has 5 aromatic rings. The Labute approximate surface area is 249 Å². The van der Waals surface area contributed by atoms with Gasteiger partial charge in [-0.3, -0.25) is 14.6 Å². The molecule has 0 saturated heterocycles. The molecule has 0 aliphatic rings. The zero-order valence-corrected chi connectivity index (χ0v) is 23.5. The standard InChI is InChI=1S/C34H27Cl2N3O2/c35-27-19-20-28(29(36)22-27)32(33(40)38-31(25-14-6-2-7-15-25)26-16-8-3-9-17-26)39(23-24-12-4-1-5-13-24)34(41)30-18-10-11-21-37-30/h1-22,31-32H,23H2,(H,38,40)/t32-/m1/s1. The topological polar surface area (TPSA) is 62.3 Å². The lowest BCUT2D eigenvalue weighted by atomic mass is 9.96. The van der Waals surface area contributed by atoms with Gasteiger partial charge in [0.15, 0.2) is 0 Å². The molecule has 0 aliphatic heterocycles. The number of pyridine rings is 1. The van der Waals surface area contributed by atoms with E-state index in [2.05, 4.69) is 10.3 Å². The van der Waals surface area contributed by atoms with Crippen molar-refractivity contribution in [1.29, 1.82) is 0 Å². The molecule has 0 saturated carbocycles. The molecule has 5 nitrogen and oxygen atoms in total. The lowest BCUT2D eigenvalue weighted by Gasteiger charge is -2.33. The summed E-state index contributed by atoms with van der Waals surface area (Å²) in [5.41, 5.74) is 3.32. The first-order valence-corrected chi connectivity index (χ1v) is 13.9. The highest BCUT2D eigenvalue weighted by molar-refractivity contribution is 6.35. The average molecular weight is 581 g/mol. The van der Waals surface area contributed by atoms with E-state index in [1.54, 1.807) is 42.6 Å². The van der Waals surface area contributed by atoms with Crippen molar-refractivity contribution in [3.8, 4) is 0 Å². The summed E-state index contributed by atoms with van der Waals surface area (Å²) < 4.78 is 0. The summed E-state index contributed by atoms with van der Waals surface area (Å²) >= 11 is 13.0. The summed E-state index contributed by atoms with van der Waals surface area (Å²) in [6.07, 6.45) is 1.55. The number of hydrogen-bond acceptors (Lipinski definition) is 3. The minimum Gasteiger partial charge on any atom is -0.343 e. The highest BCUT2D eigenvalue weighted by atomic mass is 35.5. The molecule has 1 N–H and O–H groups in total. The van der Waals surface area contributed by atoms with Gasteiger partial charge < -0.3 is 10.2 Å². The van der Waals surface area contributed by atoms with Crippen LogP contribution in [0.3, 0.4) is 0 Å². The van der Waals surface area contributed by atoms with Gasteiger partial charge in [-0.1, -0.05) is 126 Å². The Bertz CT molecular complexity index is 1560. The summed E-state index contributed by atoms with van der Waals surface area (Å²) in [5.74, 6) is -0.802. The number of carbonyl (C=O) groups excluding carboxylic acids is 2. The van der Waals surface area contributed by atoms with Crippen molar-refractivity contribution in [2.75, 3.05) is 0 Å². The lowest BCUT2D eigenvalue weighted by Crippen LogP contribution is -2.45. The largest absolute Gasteiger partial charge is 0.343 e. The smallest absolute Gasteiger partial charge is 0.273 e. The van der Waals surface area contributed by atoms with Crippen molar-refractivity contribution in [2.24, 2.45) is 0 Å². The summed E-state index contributed by atoms with van der Waals surface area (Å²) in [7, 11) is 0. The monoisotopic (exact) mass is 579 g/mol. The van der Waals surface area contributed by atoms with Crippen LogP contribution >= 0.6 is 23.2 Å². The maximum Gasteiger partial charge on any atom is 0.273 e. The number of benzene rings is 4. The molecule has 7 heteroatoms. The van der Waals surface area contributed by atoms with Gasteiger partial charge in [-0.2, -0.15) is 0 Å². The Kier molecular flexibility index (Phi) is 9.09. The van der Waals surface area contributed by atoms with Crippen LogP contribution in [0, 0.1) is 0 Å². The van der Waals surface area contributed by atoms with E-state index in [0.29, 0.717) is 10.6 Å². The Balaban J connectivity index is 1.62. The second kappa shape index (κ2) is 13.3. The van der Waals surface area contributed by atoms with E-state index < -0.39 is 23.9 Å². The second-order valence-corrected chi connectivity index (χ2v) is 10.3. The van der Waals surface area contributed by atoms with Crippen LogP contribution in [0.1, 0.15) is 44.8 Å². The van der Waals surface area contributed by atoms with Crippen LogP contribution in [-0.4, -0.2) is 21.7 Å². The Morgan fingerprint density at radius 2 is 1.32 bits per heavy atom. The van der Waals surface area contributed by atoms with E-state index in [-0.39, 0.29) is 17.3 Å². The minimum absolute atomic E-state index is 0.147. The van der Waals surface area contributed by atoms with Gasteiger partial charge in [-0.15, -0.1) is 0 Å². The van der Waals surface area contributed by atoms with Crippen molar-refractivity contribution >= 4 is 35.0 Å². The molecule has 41 heavy (non-hydrogen) atoms. The third-order valence-corrected chi connectivity index (χ3v) is 7.27. The fourth-order valence-electron chi connectivity index (χ4n) is 4.74. The summed E-state index contributed by atoms with van der Waals surface area (Å²) in [5, 5.41) is 3.92. The van der Waals surface area contributed by atoms with Crippen LogP contribution in [-0.2, 0) is 11.3 Å². The quantitative estimate of drug-likeness (QED) is 0.195. The first-order valence-electron chi connectivity index (χ1n) is 13.1. The minimum atomic E-state index is -1.09. The fourth-order valence-corrected chi connectivity index (χ4v) is 5.25. The van der Waals surface area contributed by atoms with E-state index in [1.807, 2.05) is 91.0 Å². The van der Waals surface area contributed by atoms with Gasteiger partial charge in [-0.25, -0.2) is 0 Å². The van der Waals surface area contributed by atoms with Crippen LogP contribution in [0.4, 0.5) is 0 Å². The van der Waals surface area contributed by atoms with Crippen molar-refractivity contribution < 1.29 is 9.59 Å². The van der Waals surface area contributed by atoms with Crippen molar-refractivity contribution in [3.05, 3.63) is 172 Å². The van der Waals surface area contributed by atoms with E-state index in [1.165, 1.54) is 4.90 Å². The molecule has 0 unspecified atom stereocenters. The third-order valence-electron chi connectivity index (χ3n) is 6.71. The predicted octanol–water partition coefficient (Wildman–Crippen LogP) is 7.68. The molecule has 2 amide bonds. The van der Waals surface area contributed by atoms with Crippen molar-refractivity contribution in [3.63, 3.8) is 0 Å². The first-order chi connectivity index (χ1) is 20.0. The van der Waals surface area contributed by atoms with Crippen LogP contribution in [0.25, 0.3) is 0 Å². The molecule has 1 heterocycles. The van der Waals surface area contributed by atoms with Crippen LogP contribution in [0.15, 0.2) is 134 Å². The molecule has 0 aliphatic carbocycles. The maximum absolute atomic E-state index is 14.5. The van der Waals surface area contributed by atoms with Crippen molar-refractivity contribution in [2.45, 2.75) is 18.6 Å². The van der Waals surface area contributed by atoms with Gasteiger partial charge in [0.1, 0.15) is 11.7 Å². The fraction of sp³-hybridized carbons (Fsp3) is 0.0882. The molecule has 0 radical (unpaired) electrons. The van der Waals surface area contributed by atoms with E-state index in [4.69, 9.17) is 23.2 Å². The second-order valence-electron chi connectivity index (χ2n) is 9.46. The van der Waals surface area contributed by atoms with Gasteiger partial charge in [0.25, 0.3) is 5.91 Å². The molecule has 0 bridgehead atoms. The molecule has 204 valence electrons. The SMILES string of the molecule is O=C(NC(c1ccccc1)c1ccccc1)[C@@H](c1ccc(Cl)cc1Cl)N(Cc1ccccc1)C(=O)c1ccccn1. The van der Waals surface area contributed by atoms with Crippen LogP contribution in [0.5, 0.6) is 0 Å². The number of nitrogens with one attached hydrogen (secondary N) is 1. The van der Waals surface area contributed by atoms with Gasteiger partial charge >= 0.3 is 0 Å². The number of hydrogen-bond donors (Lipinski definition) is 1. The average Bonchev–Trinajstić information content (AvgIpc) is 3.02. The van der Waals surface area contributed by atoms with E-state index >= 15 is 0 Å². The predicted molar refractivity (Wildman–Crippen MR) is 163 cm³/mol. The number of carbonyl (C=O) groups is 2. The summed E-state index contributed by atoms with van der Waals surface area (Å²) in [6, 6.07) is 37.4. The molecule has 0 fully saturated rings. The van der Waals surface area contributed by atoms with E-state index in [9.17, 15) is 9.59 Å². The van der Waals surface area contributed by atoms with Gasteiger partial charge in [-0.05, 0) is 41.0 Å². The molecule has 0 spiro atoms. The normalized spacial score (nSPS) is 11.6. The zero-order chi connectivity index (χ0) is 28.6. The summed E-state index contributed by atoms with van der Waals surface area (Å²) in [4.78, 5) is 34.4. The van der Waals surface area contributed by atoms with Gasteiger partial charge in [0.05, 0.1) is 6.04 Å². The van der Waals surface area contributed by atoms with Crippen molar-refractivity contribution in [1.82, 2.24) is 15.2 Å². The number of rotatable bonds is 9.